The number of rotatable bonds is 8. The highest BCUT2D eigenvalue weighted by Crippen LogP contribution is 2.29. The molecule has 120 valence electrons. The third kappa shape index (κ3) is 4.45. The van der Waals surface area contributed by atoms with E-state index in [0.717, 1.165) is 25.0 Å². The standard InChI is InChI=1S/C18H32N2O/c1-7-17(2,3)20(5)18(4,14-19)13-12-15-8-10-16(21-6)11-9-15/h8-11H,7,12-14,19H2,1-6H3. The first-order valence-corrected chi connectivity index (χ1v) is 7.86. The number of ether oxygens (including phenoxy) is 1. The van der Waals surface area contributed by atoms with E-state index in [1.807, 2.05) is 12.1 Å². The summed E-state index contributed by atoms with van der Waals surface area (Å²) in [6, 6.07) is 8.32. The number of methoxy groups -OCH3 is 1. The summed E-state index contributed by atoms with van der Waals surface area (Å²) in [6.07, 6.45) is 3.19. The van der Waals surface area contributed by atoms with Gasteiger partial charge in [0, 0.05) is 17.6 Å². The highest BCUT2D eigenvalue weighted by Gasteiger charge is 2.35. The molecule has 0 aliphatic rings. The molecule has 21 heavy (non-hydrogen) atoms. The maximum Gasteiger partial charge on any atom is 0.118 e. The number of nitrogens with zero attached hydrogens (tertiary/aromatic N) is 1. The van der Waals surface area contributed by atoms with Gasteiger partial charge in [-0.1, -0.05) is 19.1 Å². The Bertz CT molecular complexity index is 427. The maximum absolute atomic E-state index is 6.11. The van der Waals surface area contributed by atoms with Gasteiger partial charge in [0.15, 0.2) is 0 Å². The number of aryl methyl sites for hydroxylation is 1. The molecule has 1 unspecified atom stereocenters. The van der Waals surface area contributed by atoms with Crippen LogP contribution in [0.15, 0.2) is 24.3 Å². The predicted molar refractivity (Wildman–Crippen MR) is 90.9 cm³/mol. The van der Waals surface area contributed by atoms with Crippen LogP contribution >= 0.6 is 0 Å². The van der Waals surface area contributed by atoms with Gasteiger partial charge in [0.05, 0.1) is 7.11 Å². The lowest BCUT2D eigenvalue weighted by molar-refractivity contribution is 0.0299. The number of benzene rings is 1. The van der Waals surface area contributed by atoms with Gasteiger partial charge < -0.3 is 10.5 Å². The van der Waals surface area contributed by atoms with Gasteiger partial charge in [-0.05, 0) is 64.8 Å². The van der Waals surface area contributed by atoms with E-state index >= 15 is 0 Å². The smallest absolute Gasteiger partial charge is 0.118 e. The quantitative estimate of drug-likeness (QED) is 0.797. The van der Waals surface area contributed by atoms with E-state index in [2.05, 4.69) is 51.8 Å². The second-order valence-electron chi connectivity index (χ2n) is 6.77. The topological polar surface area (TPSA) is 38.5 Å². The Morgan fingerprint density at radius 1 is 1.14 bits per heavy atom. The molecule has 3 nitrogen and oxygen atoms in total. The lowest BCUT2D eigenvalue weighted by atomic mass is 9.86. The van der Waals surface area contributed by atoms with Crippen LogP contribution < -0.4 is 10.5 Å². The Morgan fingerprint density at radius 2 is 1.71 bits per heavy atom. The first-order chi connectivity index (χ1) is 9.79. The van der Waals surface area contributed by atoms with Gasteiger partial charge >= 0.3 is 0 Å². The van der Waals surface area contributed by atoms with Crippen LogP contribution in [0.1, 0.15) is 46.1 Å². The van der Waals surface area contributed by atoms with Crippen LogP contribution in [-0.4, -0.2) is 36.7 Å². The molecule has 0 saturated heterocycles. The summed E-state index contributed by atoms with van der Waals surface area (Å²) >= 11 is 0. The Morgan fingerprint density at radius 3 is 2.14 bits per heavy atom. The van der Waals surface area contributed by atoms with Gasteiger partial charge in [-0.2, -0.15) is 0 Å². The van der Waals surface area contributed by atoms with E-state index in [9.17, 15) is 0 Å². The van der Waals surface area contributed by atoms with Crippen molar-refractivity contribution in [3.05, 3.63) is 29.8 Å². The third-order valence-corrected chi connectivity index (χ3v) is 5.13. The van der Waals surface area contributed by atoms with Crippen molar-refractivity contribution < 1.29 is 4.74 Å². The Hall–Kier alpha value is -1.06. The number of hydrogen-bond acceptors (Lipinski definition) is 3. The molecule has 2 N–H and O–H groups in total. The summed E-state index contributed by atoms with van der Waals surface area (Å²) in [5.74, 6) is 0.907. The zero-order valence-electron chi connectivity index (χ0n) is 14.6. The van der Waals surface area contributed by atoms with Crippen LogP contribution in [0.5, 0.6) is 5.75 Å². The van der Waals surface area contributed by atoms with Crippen LogP contribution in [0, 0.1) is 0 Å². The molecular formula is C18H32N2O. The minimum absolute atomic E-state index is 0.0133. The summed E-state index contributed by atoms with van der Waals surface area (Å²) in [7, 11) is 3.90. The van der Waals surface area contributed by atoms with Crippen LogP contribution in [0.2, 0.25) is 0 Å². The average Bonchev–Trinajstić information content (AvgIpc) is 2.52. The normalized spacial score (nSPS) is 15.0. The minimum Gasteiger partial charge on any atom is -0.497 e. The molecule has 1 rings (SSSR count). The Labute approximate surface area is 130 Å². The number of hydrogen-bond donors (Lipinski definition) is 1. The fourth-order valence-corrected chi connectivity index (χ4v) is 2.58. The van der Waals surface area contributed by atoms with Gasteiger partial charge in [0.25, 0.3) is 0 Å². The van der Waals surface area contributed by atoms with Crippen molar-refractivity contribution >= 4 is 0 Å². The first-order valence-electron chi connectivity index (χ1n) is 7.86. The molecule has 3 heteroatoms. The minimum atomic E-state index is 0.0133. The molecule has 0 amide bonds. The van der Waals surface area contributed by atoms with Gasteiger partial charge in [-0.3, -0.25) is 4.90 Å². The van der Waals surface area contributed by atoms with Crippen molar-refractivity contribution in [2.45, 2.75) is 58.0 Å². The number of nitrogens with two attached hydrogens (primary N) is 1. The largest absolute Gasteiger partial charge is 0.497 e. The van der Waals surface area contributed by atoms with Crippen molar-refractivity contribution in [3.63, 3.8) is 0 Å². The van der Waals surface area contributed by atoms with Gasteiger partial charge in [0.1, 0.15) is 5.75 Å². The molecule has 0 aromatic heterocycles. The molecule has 1 atom stereocenters. The number of likely N-dealkylation sites (N-methyl/N-ethyl adjacent to an activating group) is 1. The van der Waals surface area contributed by atoms with Crippen molar-refractivity contribution in [2.75, 3.05) is 20.7 Å². The van der Waals surface area contributed by atoms with E-state index in [-0.39, 0.29) is 11.1 Å². The van der Waals surface area contributed by atoms with E-state index < -0.39 is 0 Å². The predicted octanol–water partition coefficient (Wildman–Crippen LogP) is 3.47. The summed E-state index contributed by atoms with van der Waals surface area (Å²) in [5, 5.41) is 0. The van der Waals surface area contributed by atoms with Crippen molar-refractivity contribution in [2.24, 2.45) is 5.73 Å². The molecule has 0 saturated carbocycles. The Balaban J connectivity index is 2.76. The zero-order chi connectivity index (χ0) is 16.1. The fourth-order valence-electron chi connectivity index (χ4n) is 2.58. The molecule has 1 aromatic carbocycles. The second-order valence-corrected chi connectivity index (χ2v) is 6.77. The first kappa shape index (κ1) is 18.0. The van der Waals surface area contributed by atoms with E-state index in [4.69, 9.17) is 10.5 Å². The lowest BCUT2D eigenvalue weighted by Gasteiger charge is -2.48. The van der Waals surface area contributed by atoms with Crippen molar-refractivity contribution in [1.29, 1.82) is 0 Å². The highest BCUT2D eigenvalue weighted by atomic mass is 16.5. The zero-order valence-corrected chi connectivity index (χ0v) is 14.6. The average molecular weight is 292 g/mol. The molecule has 0 fully saturated rings. The van der Waals surface area contributed by atoms with Gasteiger partial charge in [-0.15, -0.1) is 0 Å². The van der Waals surface area contributed by atoms with Gasteiger partial charge in [0.2, 0.25) is 0 Å². The molecular weight excluding hydrogens is 260 g/mol. The molecule has 1 aromatic rings. The summed E-state index contributed by atoms with van der Waals surface area (Å²) < 4.78 is 5.20. The lowest BCUT2D eigenvalue weighted by Crippen LogP contribution is -2.58. The third-order valence-electron chi connectivity index (χ3n) is 5.13. The molecule has 0 radical (unpaired) electrons. The van der Waals surface area contributed by atoms with Gasteiger partial charge in [-0.25, -0.2) is 0 Å². The van der Waals surface area contributed by atoms with Crippen LogP contribution in [0.3, 0.4) is 0 Å². The molecule has 0 spiro atoms. The summed E-state index contributed by atoms with van der Waals surface area (Å²) in [5.41, 5.74) is 7.61. The van der Waals surface area contributed by atoms with Crippen molar-refractivity contribution in [1.82, 2.24) is 4.90 Å². The fraction of sp³-hybridized carbons (Fsp3) is 0.667. The highest BCUT2D eigenvalue weighted by molar-refractivity contribution is 5.27. The monoisotopic (exact) mass is 292 g/mol. The molecule has 0 bridgehead atoms. The molecule has 0 heterocycles. The van der Waals surface area contributed by atoms with E-state index in [0.29, 0.717) is 6.54 Å². The van der Waals surface area contributed by atoms with Crippen LogP contribution in [-0.2, 0) is 6.42 Å². The van der Waals surface area contributed by atoms with E-state index in [1.165, 1.54) is 5.56 Å². The van der Waals surface area contributed by atoms with Crippen LogP contribution in [0.25, 0.3) is 0 Å². The van der Waals surface area contributed by atoms with Crippen molar-refractivity contribution in [3.8, 4) is 5.75 Å². The SMILES string of the molecule is CCC(C)(C)N(C)C(C)(CN)CCc1ccc(OC)cc1. The summed E-state index contributed by atoms with van der Waals surface area (Å²) in [4.78, 5) is 2.45. The second kappa shape index (κ2) is 7.28. The summed E-state index contributed by atoms with van der Waals surface area (Å²) in [6.45, 7) is 9.75. The Kier molecular flexibility index (Phi) is 6.24. The molecule has 0 aliphatic carbocycles. The van der Waals surface area contributed by atoms with E-state index in [1.54, 1.807) is 7.11 Å². The van der Waals surface area contributed by atoms with Crippen LogP contribution in [0.4, 0.5) is 0 Å². The maximum atomic E-state index is 6.11. The molecule has 0 aliphatic heterocycles.